The molecule has 2 nitrogen and oxygen atoms in total. The van der Waals surface area contributed by atoms with Crippen LogP contribution in [0.2, 0.25) is 0 Å². The number of carbonyl (C=O) groups is 1. The van der Waals surface area contributed by atoms with Crippen molar-refractivity contribution in [1.82, 2.24) is 0 Å². The summed E-state index contributed by atoms with van der Waals surface area (Å²) in [6, 6.07) is 5.83. The van der Waals surface area contributed by atoms with E-state index in [2.05, 4.69) is 0 Å². The fourth-order valence-electron chi connectivity index (χ4n) is 1.32. The molecule has 1 atom stereocenters. The highest BCUT2D eigenvalue weighted by molar-refractivity contribution is 5.75. The summed E-state index contributed by atoms with van der Waals surface area (Å²) in [6.45, 7) is 0.528. The predicted molar refractivity (Wildman–Crippen MR) is 61.0 cm³/mol. The second-order valence-electron chi connectivity index (χ2n) is 3.76. The first-order chi connectivity index (χ1) is 8.88. The summed E-state index contributed by atoms with van der Waals surface area (Å²) >= 11 is 0. The number of rotatable bonds is 4. The Balaban J connectivity index is 3.17. The monoisotopic (exact) mass is 211 g/mol. The molecular weight excluding hydrogens is 188 g/mol. The lowest BCUT2D eigenvalue weighted by Crippen LogP contribution is -2.07. The van der Waals surface area contributed by atoms with Gasteiger partial charge in [0.05, 0.1) is 5.89 Å². The molecule has 0 bridgehead atoms. The van der Waals surface area contributed by atoms with Crippen LogP contribution in [0.25, 0.3) is 0 Å². The SMILES string of the molecule is [2H]C(C)(C)Cc1ccc(C([2H])(C(=O)O)C([2H])([2H])[2H])cc1. The molecular formula is C13H18O2. The Labute approximate surface area is 98.0 Å². The van der Waals surface area contributed by atoms with Gasteiger partial charge in [-0.25, -0.2) is 0 Å². The van der Waals surface area contributed by atoms with E-state index < -0.39 is 24.6 Å². The summed E-state index contributed by atoms with van der Waals surface area (Å²) in [5.74, 6) is -5.05. The molecule has 2 heteroatoms. The molecule has 1 N–H and O–H groups in total. The molecule has 1 unspecified atom stereocenters. The molecule has 0 radical (unpaired) electrons. The Bertz CT molecular complexity index is 487. The van der Waals surface area contributed by atoms with Crippen LogP contribution in [0.5, 0.6) is 0 Å². The van der Waals surface area contributed by atoms with Gasteiger partial charge in [-0.05, 0) is 30.3 Å². The van der Waals surface area contributed by atoms with Crippen LogP contribution in [0.4, 0.5) is 0 Å². The van der Waals surface area contributed by atoms with Gasteiger partial charge >= 0.3 is 5.97 Å². The van der Waals surface area contributed by atoms with E-state index in [1.807, 2.05) is 0 Å². The van der Waals surface area contributed by atoms with Crippen LogP contribution >= 0.6 is 0 Å². The van der Waals surface area contributed by atoms with E-state index in [4.69, 9.17) is 12.0 Å². The van der Waals surface area contributed by atoms with Crippen LogP contribution in [0, 0.1) is 5.89 Å². The molecule has 0 aliphatic carbocycles. The summed E-state index contributed by atoms with van der Waals surface area (Å²) in [4.78, 5) is 11.2. The quantitative estimate of drug-likeness (QED) is 0.831. The lowest BCUT2D eigenvalue weighted by Gasteiger charge is -2.09. The van der Waals surface area contributed by atoms with Crippen molar-refractivity contribution in [3.05, 3.63) is 35.4 Å². The van der Waals surface area contributed by atoms with E-state index in [0.29, 0.717) is 6.42 Å². The van der Waals surface area contributed by atoms with Crippen LogP contribution < -0.4 is 0 Å². The second kappa shape index (κ2) is 4.96. The van der Waals surface area contributed by atoms with Crippen molar-refractivity contribution in [2.75, 3.05) is 0 Å². The maximum Gasteiger partial charge on any atom is 0.310 e. The molecule has 0 saturated heterocycles. The number of hydrogen-bond acceptors (Lipinski definition) is 1. The van der Waals surface area contributed by atoms with Gasteiger partial charge in [-0.2, -0.15) is 0 Å². The van der Waals surface area contributed by atoms with Crippen molar-refractivity contribution in [2.45, 2.75) is 33.0 Å². The zero-order chi connectivity index (χ0) is 15.8. The summed E-state index contributed by atoms with van der Waals surface area (Å²) in [6.07, 6.45) is 0.457. The highest BCUT2D eigenvalue weighted by Gasteiger charge is 2.12. The molecule has 0 spiro atoms. The number of hydrogen-bond donors (Lipinski definition) is 1. The molecule has 0 saturated carbocycles. The van der Waals surface area contributed by atoms with Gasteiger partial charge in [0.25, 0.3) is 0 Å². The second-order valence-corrected chi connectivity index (χ2v) is 3.76. The Morgan fingerprint density at radius 1 is 1.47 bits per heavy atom. The van der Waals surface area contributed by atoms with E-state index in [0.717, 1.165) is 5.56 Å². The van der Waals surface area contributed by atoms with Gasteiger partial charge in [0.1, 0.15) is 0 Å². The van der Waals surface area contributed by atoms with Gasteiger partial charge in [-0.1, -0.05) is 38.1 Å². The Morgan fingerprint density at radius 2 is 2.07 bits per heavy atom. The summed E-state index contributed by atoms with van der Waals surface area (Å²) in [5, 5.41) is 9.10. The standard InChI is InChI=1S/C13H18O2/c1-9(2)8-11-4-6-12(7-5-11)10(3)13(14)15/h4-7,9-10H,8H2,1-3H3,(H,14,15)/i3D3,9D,10D. The van der Waals surface area contributed by atoms with Gasteiger partial charge in [0, 0.05) is 6.85 Å². The van der Waals surface area contributed by atoms with Crippen molar-refractivity contribution >= 4 is 5.97 Å². The van der Waals surface area contributed by atoms with E-state index in [1.54, 1.807) is 26.0 Å². The minimum atomic E-state index is -2.96. The Hall–Kier alpha value is -1.31. The van der Waals surface area contributed by atoms with Gasteiger partial charge < -0.3 is 5.11 Å². The van der Waals surface area contributed by atoms with Crippen molar-refractivity contribution in [3.8, 4) is 0 Å². The Kier molecular flexibility index (Phi) is 2.09. The third-order valence-electron chi connectivity index (χ3n) is 2.01. The zero-order valence-corrected chi connectivity index (χ0v) is 8.87. The average molecular weight is 211 g/mol. The van der Waals surface area contributed by atoms with Gasteiger partial charge in [0.2, 0.25) is 0 Å². The van der Waals surface area contributed by atoms with E-state index in [1.165, 1.54) is 12.1 Å². The summed E-state index contributed by atoms with van der Waals surface area (Å²) in [7, 11) is 0. The van der Waals surface area contributed by atoms with Crippen LogP contribution in [0.3, 0.4) is 0 Å². The molecule has 1 rings (SSSR count). The molecule has 0 amide bonds. The normalized spacial score (nSPS) is 21.3. The Morgan fingerprint density at radius 3 is 2.47 bits per heavy atom. The van der Waals surface area contributed by atoms with Gasteiger partial charge in [0.15, 0.2) is 0 Å². The van der Waals surface area contributed by atoms with Crippen LogP contribution in [-0.4, -0.2) is 11.1 Å². The highest BCUT2D eigenvalue weighted by Crippen LogP contribution is 2.17. The molecule has 82 valence electrons. The maximum absolute atomic E-state index is 11.2. The van der Waals surface area contributed by atoms with Crippen molar-refractivity contribution in [1.29, 1.82) is 0 Å². The zero-order valence-electron chi connectivity index (χ0n) is 13.9. The summed E-state index contributed by atoms with van der Waals surface area (Å²) < 4.78 is 37.5. The largest absolute Gasteiger partial charge is 0.481 e. The molecule has 15 heavy (non-hydrogen) atoms. The molecule has 0 heterocycles. The molecule has 0 aromatic heterocycles. The highest BCUT2D eigenvalue weighted by atomic mass is 16.4. The molecule has 0 aliphatic rings. The molecule has 1 aromatic carbocycles. The third kappa shape index (κ3) is 3.39. The lowest BCUT2D eigenvalue weighted by molar-refractivity contribution is -0.138. The van der Waals surface area contributed by atoms with Crippen LogP contribution in [0.1, 0.15) is 44.6 Å². The van der Waals surface area contributed by atoms with Crippen molar-refractivity contribution < 1.29 is 16.8 Å². The first kappa shape index (κ1) is 6.31. The first-order valence-corrected chi connectivity index (χ1v) is 4.71. The maximum atomic E-state index is 11.2. The predicted octanol–water partition coefficient (Wildman–Crippen LogP) is 3.07. The molecule has 1 aromatic rings. The average Bonchev–Trinajstić information content (AvgIpc) is 2.25. The van der Waals surface area contributed by atoms with Crippen LogP contribution in [-0.2, 0) is 11.2 Å². The van der Waals surface area contributed by atoms with E-state index in [9.17, 15) is 4.79 Å². The van der Waals surface area contributed by atoms with E-state index in [-0.39, 0.29) is 5.56 Å². The minimum Gasteiger partial charge on any atom is -0.481 e. The van der Waals surface area contributed by atoms with Crippen molar-refractivity contribution in [3.63, 3.8) is 0 Å². The number of carboxylic acid groups (broad SMARTS) is 1. The van der Waals surface area contributed by atoms with Crippen LogP contribution in [0.15, 0.2) is 24.3 Å². The number of carboxylic acids is 1. The minimum absolute atomic E-state index is 0.0865. The topological polar surface area (TPSA) is 37.3 Å². The number of aliphatic carboxylic acids is 1. The summed E-state index contributed by atoms with van der Waals surface area (Å²) in [5.41, 5.74) is 0.712. The van der Waals surface area contributed by atoms with Gasteiger partial charge in [-0.3, -0.25) is 4.79 Å². The molecule has 0 fully saturated rings. The van der Waals surface area contributed by atoms with E-state index >= 15 is 0 Å². The fourth-order valence-corrected chi connectivity index (χ4v) is 1.32. The molecule has 0 aliphatic heterocycles. The fraction of sp³-hybridized carbons (Fsp3) is 0.462. The first-order valence-electron chi connectivity index (χ1n) is 7.21. The smallest absolute Gasteiger partial charge is 0.310 e. The van der Waals surface area contributed by atoms with Gasteiger partial charge in [-0.15, -0.1) is 0 Å². The third-order valence-corrected chi connectivity index (χ3v) is 2.01. The lowest BCUT2D eigenvalue weighted by atomic mass is 9.97. The van der Waals surface area contributed by atoms with Crippen molar-refractivity contribution in [2.24, 2.45) is 5.89 Å². The number of benzene rings is 1.